The summed E-state index contributed by atoms with van der Waals surface area (Å²) in [6.07, 6.45) is 1.81. The average molecular weight is 330 g/mol. The molecule has 0 aliphatic carbocycles. The quantitative estimate of drug-likeness (QED) is 0.872. The first-order chi connectivity index (χ1) is 11.0. The Kier molecular flexibility index (Phi) is 6.27. The number of nitrogens with one attached hydrogen (secondary N) is 1. The van der Waals surface area contributed by atoms with Gasteiger partial charge in [-0.1, -0.05) is 13.0 Å². The van der Waals surface area contributed by atoms with Crippen molar-refractivity contribution in [3.05, 3.63) is 29.6 Å². The molecule has 1 heterocycles. The zero-order valence-electron chi connectivity index (χ0n) is 13.0. The van der Waals surface area contributed by atoms with E-state index in [2.05, 4.69) is 21.9 Å². The summed E-state index contributed by atoms with van der Waals surface area (Å²) >= 11 is 0. The van der Waals surface area contributed by atoms with Crippen LogP contribution in [0.15, 0.2) is 18.2 Å². The number of nitrogens with zero attached hydrogens (tertiary/aromatic N) is 1. The van der Waals surface area contributed by atoms with Gasteiger partial charge in [-0.25, -0.2) is 4.39 Å². The van der Waals surface area contributed by atoms with Crippen LogP contribution in [-0.4, -0.2) is 43.1 Å². The number of benzene rings is 1. The number of halogens is 3. The van der Waals surface area contributed by atoms with Crippen LogP contribution in [0, 0.1) is 5.82 Å². The molecule has 0 atom stereocenters. The van der Waals surface area contributed by atoms with Crippen LogP contribution in [0.5, 0.6) is 5.75 Å². The van der Waals surface area contributed by atoms with Crippen molar-refractivity contribution >= 4 is 5.91 Å². The molecule has 1 N–H and O–H groups in total. The van der Waals surface area contributed by atoms with E-state index in [0.29, 0.717) is 5.56 Å². The number of carbonyl (C=O) groups excluding carboxylic acids is 1. The van der Waals surface area contributed by atoms with Crippen molar-refractivity contribution in [1.82, 2.24) is 10.2 Å². The van der Waals surface area contributed by atoms with Crippen molar-refractivity contribution in [3.63, 3.8) is 0 Å². The Hall–Kier alpha value is -1.76. The van der Waals surface area contributed by atoms with Crippen molar-refractivity contribution in [2.75, 3.05) is 19.6 Å². The molecule has 0 saturated carbocycles. The van der Waals surface area contributed by atoms with E-state index < -0.39 is 18.2 Å². The lowest BCUT2D eigenvalue weighted by Crippen LogP contribution is -2.44. The summed E-state index contributed by atoms with van der Waals surface area (Å²) in [4.78, 5) is 14.3. The van der Waals surface area contributed by atoms with Gasteiger partial charge in [0.25, 0.3) is 0 Å². The molecule has 7 heteroatoms. The molecule has 1 aliphatic rings. The molecule has 128 valence electrons. The molecule has 1 aromatic carbocycles. The summed E-state index contributed by atoms with van der Waals surface area (Å²) in [7, 11) is 0. The van der Waals surface area contributed by atoms with Crippen molar-refractivity contribution < 1.29 is 22.7 Å². The summed E-state index contributed by atoms with van der Waals surface area (Å²) in [5.41, 5.74) is 0.424. The van der Waals surface area contributed by atoms with E-state index >= 15 is 0 Å². The topological polar surface area (TPSA) is 41.6 Å². The third-order valence-electron chi connectivity index (χ3n) is 3.98. The third-order valence-corrected chi connectivity index (χ3v) is 3.98. The summed E-state index contributed by atoms with van der Waals surface area (Å²) in [5.74, 6) is -1.61. The number of amides is 1. The standard InChI is InChI=1S/C16H21F3N2O2/c1-2-21-7-5-12(6-8-21)20-15(22)10-11-3-4-14(13(17)9-11)23-16(18)19/h3-4,9,12,16H,2,5-8,10H2,1H3,(H,20,22). The van der Waals surface area contributed by atoms with Gasteiger partial charge in [0.1, 0.15) is 0 Å². The van der Waals surface area contributed by atoms with Crippen LogP contribution >= 0.6 is 0 Å². The number of alkyl halides is 2. The van der Waals surface area contributed by atoms with Gasteiger partial charge in [-0.15, -0.1) is 0 Å². The molecular formula is C16H21F3N2O2. The predicted molar refractivity (Wildman–Crippen MR) is 80.0 cm³/mol. The average Bonchev–Trinajstić information content (AvgIpc) is 2.50. The first kappa shape index (κ1) is 17.6. The minimum atomic E-state index is -3.08. The molecule has 0 bridgehead atoms. The molecule has 0 spiro atoms. The van der Waals surface area contributed by atoms with Crippen LogP contribution in [0.2, 0.25) is 0 Å². The summed E-state index contributed by atoms with van der Waals surface area (Å²) in [5, 5.41) is 2.94. The molecule has 4 nitrogen and oxygen atoms in total. The Balaban J connectivity index is 1.84. The predicted octanol–water partition coefficient (Wildman–Crippen LogP) is 2.57. The van der Waals surface area contributed by atoms with Gasteiger partial charge < -0.3 is 15.0 Å². The Bertz CT molecular complexity index is 532. The van der Waals surface area contributed by atoms with Gasteiger partial charge in [0, 0.05) is 19.1 Å². The molecule has 2 rings (SSSR count). The lowest BCUT2D eigenvalue weighted by molar-refractivity contribution is -0.121. The van der Waals surface area contributed by atoms with E-state index in [9.17, 15) is 18.0 Å². The minimum absolute atomic E-state index is 0.0138. The second-order valence-corrected chi connectivity index (χ2v) is 5.60. The fourth-order valence-corrected chi connectivity index (χ4v) is 2.70. The minimum Gasteiger partial charge on any atom is -0.432 e. The molecule has 0 radical (unpaired) electrons. The van der Waals surface area contributed by atoms with E-state index in [1.54, 1.807) is 0 Å². The number of piperidine rings is 1. The first-order valence-electron chi connectivity index (χ1n) is 7.73. The Morgan fingerprint density at radius 2 is 2.09 bits per heavy atom. The molecule has 1 aliphatic heterocycles. The molecule has 23 heavy (non-hydrogen) atoms. The van der Waals surface area contributed by atoms with Crippen LogP contribution in [0.25, 0.3) is 0 Å². The van der Waals surface area contributed by atoms with Gasteiger partial charge in [-0.05, 0) is 37.1 Å². The van der Waals surface area contributed by atoms with Crippen LogP contribution in [0.4, 0.5) is 13.2 Å². The zero-order valence-corrected chi connectivity index (χ0v) is 13.0. The van der Waals surface area contributed by atoms with Gasteiger partial charge >= 0.3 is 6.61 Å². The molecule has 0 aromatic heterocycles. The lowest BCUT2D eigenvalue weighted by Gasteiger charge is -2.31. The molecule has 1 amide bonds. The van der Waals surface area contributed by atoms with Gasteiger partial charge in [-0.3, -0.25) is 4.79 Å². The van der Waals surface area contributed by atoms with E-state index in [4.69, 9.17) is 0 Å². The van der Waals surface area contributed by atoms with Crippen LogP contribution in [0.3, 0.4) is 0 Å². The highest BCUT2D eigenvalue weighted by molar-refractivity contribution is 5.78. The molecule has 1 aromatic rings. The number of likely N-dealkylation sites (tertiary alicyclic amines) is 1. The van der Waals surface area contributed by atoms with Crippen molar-refractivity contribution in [2.45, 2.75) is 38.8 Å². The number of carbonyl (C=O) groups is 1. The Labute approximate surface area is 133 Å². The van der Waals surface area contributed by atoms with Gasteiger partial charge in [0.05, 0.1) is 6.42 Å². The van der Waals surface area contributed by atoms with Crippen molar-refractivity contribution in [2.24, 2.45) is 0 Å². The van der Waals surface area contributed by atoms with E-state index in [1.165, 1.54) is 6.07 Å². The van der Waals surface area contributed by atoms with Gasteiger partial charge in [0.2, 0.25) is 5.91 Å². The largest absolute Gasteiger partial charge is 0.432 e. The SMILES string of the molecule is CCN1CCC(NC(=O)Cc2ccc(OC(F)F)c(F)c2)CC1. The number of hydrogen-bond acceptors (Lipinski definition) is 3. The van der Waals surface area contributed by atoms with Gasteiger partial charge in [0.15, 0.2) is 11.6 Å². The summed E-state index contributed by atoms with van der Waals surface area (Å²) in [6.45, 7) is 1.94. The number of hydrogen-bond donors (Lipinski definition) is 1. The Morgan fingerprint density at radius 1 is 1.39 bits per heavy atom. The maximum absolute atomic E-state index is 13.6. The zero-order chi connectivity index (χ0) is 16.8. The smallest absolute Gasteiger partial charge is 0.387 e. The maximum Gasteiger partial charge on any atom is 0.387 e. The normalized spacial score (nSPS) is 16.6. The monoisotopic (exact) mass is 330 g/mol. The highest BCUT2D eigenvalue weighted by Gasteiger charge is 2.20. The van der Waals surface area contributed by atoms with Crippen LogP contribution in [0.1, 0.15) is 25.3 Å². The second kappa shape index (κ2) is 8.19. The highest BCUT2D eigenvalue weighted by Crippen LogP contribution is 2.20. The lowest BCUT2D eigenvalue weighted by atomic mass is 10.0. The van der Waals surface area contributed by atoms with Crippen LogP contribution in [-0.2, 0) is 11.2 Å². The third kappa shape index (κ3) is 5.42. The molecule has 1 fully saturated rings. The number of ether oxygens (including phenoxy) is 1. The molecule has 1 saturated heterocycles. The summed E-state index contributed by atoms with van der Waals surface area (Å²) in [6, 6.07) is 3.72. The molecular weight excluding hydrogens is 309 g/mol. The molecule has 0 unspecified atom stereocenters. The van der Waals surface area contributed by atoms with Gasteiger partial charge in [-0.2, -0.15) is 8.78 Å². The Morgan fingerprint density at radius 3 is 2.65 bits per heavy atom. The van der Waals surface area contributed by atoms with E-state index in [-0.39, 0.29) is 18.4 Å². The van der Waals surface area contributed by atoms with E-state index in [1.807, 2.05) is 0 Å². The van der Waals surface area contributed by atoms with Crippen molar-refractivity contribution in [1.29, 1.82) is 0 Å². The fourth-order valence-electron chi connectivity index (χ4n) is 2.70. The summed E-state index contributed by atoms with van der Waals surface area (Å²) < 4.78 is 41.8. The van der Waals surface area contributed by atoms with Crippen molar-refractivity contribution in [3.8, 4) is 5.75 Å². The maximum atomic E-state index is 13.6. The number of rotatable bonds is 6. The first-order valence-corrected chi connectivity index (χ1v) is 7.73. The highest BCUT2D eigenvalue weighted by atomic mass is 19.3. The second-order valence-electron chi connectivity index (χ2n) is 5.60. The fraction of sp³-hybridized carbons (Fsp3) is 0.562. The van der Waals surface area contributed by atoms with E-state index in [0.717, 1.165) is 44.6 Å². The van der Waals surface area contributed by atoms with Crippen LogP contribution < -0.4 is 10.1 Å².